The molecular formula is C13H23F3IN5O2S2. The summed E-state index contributed by atoms with van der Waals surface area (Å²) in [6.45, 7) is 5.98. The monoisotopic (exact) mass is 529 g/mol. The smallest absolute Gasteiger partial charge is 0.357 e. The molecule has 0 unspecified atom stereocenters. The van der Waals surface area contributed by atoms with Gasteiger partial charge in [0, 0.05) is 24.0 Å². The summed E-state index contributed by atoms with van der Waals surface area (Å²) in [5, 5.41) is 7.08. The quantitative estimate of drug-likeness (QED) is 0.286. The lowest BCUT2D eigenvalue weighted by molar-refractivity contribution is -0.140. The normalized spacial score (nSPS) is 13.3. The third-order valence-corrected chi connectivity index (χ3v) is 4.48. The van der Waals surface area contributed by atoms with Crippen molar-refractivity contribution in [3.05, 3.63) is 16.1 Å². The number of sulfonamides is 1. The summed E-state index contributed by atoms with van der Waals surface area (Å²) in [6.07, 6.45) is -3.41. The minimum Gasteiger partial charge on any atom is -0.357 e. The molecule has 0 amide bonds. The number of halogens is 4. The van der Waals surface area contributed by atoms with Crippen molar-refractivity contribution in [2.75, 3.05) is 19.3 Å². The van der Waals surface area contributed by atoms with Crippen LogP contribution in [0.1, 0.15) is 31.5 Å². The Labute approximate surface area is 172 Å². The number of thiazole rings is 1. The first-order valence-electron chi connectivity index (χ1n) is 7.35. The Morgan fingerprint density at radius 1 is 1.31 bits per heavy atom. The van der Waals surface area contributed by atoms with Crippen LogP contribution in [0.5, 0.6) is 0 Å². The first kappa shape index (κ1) is 25.3. The first-order chi connectivity index (χ1) is 11.3. The van der Waals surface area contributed by atoms with Gasteiger partial charge < -0.3 is 10.6 Å². The maximum Gasteiger partial charge on any atom is 0.434 e. The van der Waals surface area contributed by atoms with Gasteiger partial charge in [0.15, 0.2) is 11.7 Å². The third-order valence-electron chi connectivity index (χ3n) is 2.72. The van der Waals surface area contributed by atoms with Gasteiger partial charge in [0.25, 0.3) is 0 Å². The zero-order valence-corrected chi connectivity index (χ0v) is 18.7. The van der Waals surface area contributed by atoms with E-state index in [4.69, 9.17) is 0 Å². The summed E-state index contributed by atoms with van der Waals surface area (Å²) < 4.78 is 62.7. The summed E-state index contributed by atoms with van der Waals surface area (Å²) >= 11 is 0.883. The van der Waals surface area contributed by atoms with E-state index in [0.717, 1.165) is 23.0 Å². The van der Waals surface area contributed by atoms with E-state index >= 15 is 0 Å². The van der Waals surface area contributed by atoms with Gasteiger partial charge in [-0.2, -0.15) is 13.2 Å². The Bertz CT molecular complexity index is 705. The van der Waals surface area contributed by atoms with Crippen LogP contribution in [-0.4, -0.2) is 44.2 Å². The van der Waals surface area contributed by atoms with E-state index in [0.29, 0.717) is 12.5 Å². The standard InChI is InChI=1S/C13H22F3N5O2S2.HI/c1-5-17-11(19-8-12(2,3)21-25(4,22)23)18-6-10-20-9(7-24-10)13(14,15)16;/h7,21H,5-6,8H2,1-4H3,(H2,17,18,19);1H. The topological polar surface area (TPSA) is 95.5 Å². The van der Waals surface area contributed by atoms with Crippen molar-refractivity contribution in [1.82, 2.24) is 20.3 Å². The van der Waals surface area contributed by atoms with Crippen LogP contribution in [0, 0.1) is 0 Å². The predicted molar refractivity (Wildman–Crippen MR) is 107 cm³/mol. The minimum absolute atomic E-state index is 0. The van der Waals surface area contributed by atoms with Crippen LogP contribution in [0.2, 0.25) is 0 Å². The molecule has 0 saturated heterocycles. The molecule has 152 valence electrons. The van der Waals surface area contributed by atoms with Crippen LogP contribution >= 0.6 is 35.3 Å². The predicted octanol–water partition coefficient (Wildman–Crippen LogP) is 2.16. The molecule has 0 saturated carbocycles. The number of rotatable bonds is 7. The van der Waals surface area contributed by atoms with Gasteiger partial charge in [0.05, 0.1) is 12.8 Å². The third kappa shape index (κ3) is 9.87. The van der Waals surface area contributed by atoms with Crippen LogP contribution < -0.4 is 15.4 Å². The summed E-state index contributed by atoms with van der Waals surface area (Å²) in [6, 6.07) is 0. The highest BCUT2D eigenvalue weighted by atomic mass is 127. The van der Waals surface area contributed by atoms with E-state index in [1.807, 2.05) is 6.92 Å². The second-order valence-corrected chi connectivity index (χ2v) is 8.62. The molecule has 1 aromatic rings. The molecule has 3 N–H and O–H groups in total. The molecule has 7 nitrogen and oxygen atoms in total. The molecule has 0 aliphatic rings. The lowest BCUT2D eigenvalue weighted by Gasteiger charge is -2.26. The molecule has 0 radical (unpaired) electrons. The highest BCUT2D eigenvalue weighted by molar-refractivity contribution is 14.0. The van der Waals surface area contributed by atoms with E-state index < -0.39 is 27.4 Å². The van der Waals surface area contributed by atoms with Gasteiger partial charge in [-0.3, -0.25) is 0 Å². The molecule has 0 fully saturated rings. The second kappa shape index (κ2) is 10.0. The maximum atomic E-state index is 12.5. The van der Waals surface area contributed by atoms with Gasteiger partial charge in [0.1, 0.15) is 5.01 Å². The molecule has 0 atom stereocenters. The minimum atomic E-state index is -4.47. The number of alkyl halides is 3. The fraction of sp³-hybridized carbons (Fsp3) is 0.692. The van der Waals surface area contributed by atoms with E-state index in [9.17, 15) is 21.6 Å². The van der Waals surface area contributed by atoms with Gasteiger partial charge in [-0.1, -0.05) is 0 Å². The van der Waals surface area contributed by atoms with Crippen LogP contribution in [0.25, 0.3) is 0 Å². The molecule has 13 heteroatoms. The van der Waals surface area contributed by atoms with Gasteiger partial charge >= 0.3 is 6.18 Å². The molecule has 0 bridgehead atoms. The fourth-order valence-electron chi connectivity index (χ4n) is 1.84. The lowest BCUT2D eigenvalue weighted by atomic mass is 10.1. The van der Waals surface area contributed by atoms with E-state index in [1.54, 1.807) is 13.8 Å². The van der Waals surface area contributed by atoms with Crippen LogP contribution in [0.15, 0.2) is 10.4 Å². The summed E-state index contributed by atoms with van der Waals surface area (Å²) in [4.78, 5) is 7.69. The van der Waals surface area contributed by atoms with Gasteiger partial charge in [-0.05, 0) is 20.8 Å². The molecule has 1 aromatic heterocycles. The number of nitrogens with one attached hydrogen (secondary N) is 3. The number of hydrogen-bond acceptors (Lipinski definition) is 5. The molecule has 0 aliphatic carbocycles. The van der Waals surface area contributed by atoms with Gasteiger partial charge in [-0.15, -0.1) is 35.3 Å². The fourth-order valence-corrected chi connectivity index (χ4v) is 3.64. The first-order valence-corrected chi connectivity index (χ1v) is 10.1. The van der Waals surface area contributed by atoms with E-state index in [1.165, 1.54) is 0 Å². The molecule has 0 aromatic carbocycles. The maximum absolute atomic E-state index is 12.5. The van der Waals surface area contributed by atoms with Crippen molar-refractivity contribution in [3.8, 4) is 0 Å². The highest BCUT2D eigenvalue weighted by Crippen LogP contribution is 2.30. The second-order valence-electron chi connectivity index (χ2n) is 5.93. The van der Waals surface area contributed by atoms with Gasteiger partial charge in [0.2, 0.25) is 10.0 Å². The number of aliphatic imine (C=N–C) groups is 1. The molecule has 0 spiro atoms. The summed E-state index contributed by atoms with van der Waals surface area (Å²) in [7, 11) is -3.37. The SMILES string of the molecule is CCNC(=NCc1nc(C(F)(F)F)cs1)NCC(C)(C)NS(C)(=O)=O.I. The number of aromatic nitrogens is 1. The Kier molecular flexibility index (Phi) is 9.77. The average Bonchev–Trinajstić information content (AvgIpc) is 2.88. The van der Waals surface area contributed by atoms with E-state index in [-0.39, 0.29) is 42.1 Å². The Hall–Kier alpha value is -0.670. The van der Waals surface area contributed by atoms with Crippen molar-refractivity contribution < 1.29 is 21.6 Å². The van der Waals surface area contributed by atoms with Crippen molar-refractivity contribution in [1.29, 1.82) is 0 Å². The number of hydrogen-bond donors (Lipinski definition) is 3. The molecule has 1 rings (SSSR count). The van der Waals surface area contributed by atoms with Gasteiger partial charge in [-0.25, -0.2) is 23.1 Å². The Morgan fingerprint density at radius 2 is 1.92 bits per heavy atom. The van der Waals surface area contributed by atoms with Crippen molar-refractivity contribution >= 4 is 51.3 Å². The summed E-state index contributed by atoms with van der Waals surface area (Å²) in [5.74, 6) is 0.356. The van der Waals surface area contributed by atoms with Crippen molar-refractivity contribution in [2.24, 2.45) is 4.99 Å². The van der Waals surface area contributed by atoms with Crippen molar-refractivity contribution in [3.63, 3.8) is 0 Å². The lowest BCUT2D eigenvalue weighted by Crippen LogP contribution is -2.53. The van der Waals surface area contributed by atoms with Crippen molar-refractivity contribution in [2.45, 2.75) is 39.0 Å². The average molecular weight is 529 g/mol. The number of nitrogens with zero attached hydrogens (tertiary/aromatic N) is 2. The molecule has 0 aliphatic heterocycles. The molecule has 1 heterocycles. The van der Waals surface area contributed by atoms with Crippen LogP contribution in [0.3, 0.4) is 0 Å². The number of guanidine groups is 1. The largest absolute Gasteiger partial charge is 0.434 e. The highest BCUT2D eigenvalue weighted by Gasteiger charge is 2.33. The molecular weight excluding hydrogens is 506 g/mol. The summed E-state index contributed by atoms with van der Waals surface area (Å²) in [5.41, 5.74) is -1.70. The Morgan fingerprint density at radius 3 is 2.38 bits per heavy atom. The van der Waals surface area contributed by atoms with Crippen LogP contribution in [-0.2, 0) is 22.7 Å². The zero-order valence-electron chi connectivity index (χ0n) is 14.8. The molecule has 26 heavy (non-hydrogen) atoms. The van der Waals surface area contributed by atoms with Crippen LogP contribution in [0.4, 0.5) is 13.2 Å². The van der Waals surface area contributed by atoms with E-state index in [2.05, 4.69) is 25.3 Å². The zero-order chi connectivity index (χ0) is 19.3. The Balaban J connectivity index is 0.00000625.